The predicted molar refractivity (Wildman–Crippen MR) is 127 cm³/mol. The molecule has 33 heavy (non-hydrogen) atoms. The highest BCUT2D eigenvalue weighted by Crippen LogP contribution is 2.31. The average Bonchev–Trinajstić information content (AvgIpc) is 3.26. The van der Waals surface area contributed by atoms with E-state index in [2.05, 4.69) is 15.4 Å². The van der Waals surface area contributed by atoms with Crippen molar-refractivity contribution in [3.63, 3.8) is 0 Å². The maximum atomic E-state index is 13.1. The summed E-state index contributed by atoms with van der Waals surface area (Å²) in [5.74, 6) is 0.922. The van der Waals surface area contributed by atoms with Crippen molar-refractivity contribution in [3.05, 3.63) is 102 Å². The number of carbonyl (C=O) groups excluding carboxylic acids is 1. The highest BCUT2D eigenvalue weighted by atomic mass is 16.5. The molecule has 0 saturated carbocycles. The third-order valence-electron chi connectivity index (χ3n) is 5.27. The van der Waals surface area contributed by atoms with Gasteiger partial charge in [0.05, 0.1) is 31.1 Å². The lowest BCUT2D eigenvalue weighted by atomic mass is 10.1. The molecule has 0 spiro atoms. The Morgan fingerprint density at radius 2 is 1.79 bits per heavy atom. The number of rotatable bonds is 9. The molecule has 0 unspecified atom stereocenters. The summed E-state index contributed by atoms with van der Waals surface area (Å²) in [6.45, 7) is 3.00. The van der Waals surface area contributed by atoms with Gasteiger partial charge in [-0.1, -0.05) is 37.3 Å². The number of amides is 1. The van der Waals surface area contributed by atoms with Crippen LogP contribution in [0.1, 0.15) is 34.1 Å². The molecule has 0 radical (unpaired) electrons. The van der Waals surface area contributed by atoms with Gasteiger partial charge in [0, 0.05) is 24.1 Å². The zero-order valence-corrected chi connectivity index (χ0v) is 18.7. The smallest absolute Gasteiger partial charge is 0.259 e. The van der Waals surface area contributed by atoms with E-state index in [4.69, 9.17) is 9.47 Å². The van der Waals surface area contributed by atoms with E-state index in [1.165, 1.54) is 0 Å². The molecule has 4 aromatic rings. The number of hydrogen-bond donors (Lipinski definition) is 1. The van der Waals surface area contributed by atoms with Crippen LogP contribution in [0.5, 0.6) is 11.5 Å². The second-order valence-electron chi connectivity index (χ2n) is 7.47. The van der Waals surface area contributed by atoms with Gasteiger partial charge >= 0.3 is 0 Å². The van der Waals surface area contributed by atoms with Crippen molar-refractivity contribution in [2.45, 2.75) is 26.5 Å². The molecular formula is C26H26N4O3. The highest BCUT2D eigenvalue weighted by Gasteiger charge is 2.17. The Balaban J connectivity index is 1.50. The Bertz CT molecular complexity index is 1210. The molecule has 0 bridgehead atoms. The molecule has 0 fully saturated rings. The molecule has 0 atom stereocenters. The third kappa shape index (κ3) is 5.38. The maximum Gasteiger partial charge on any atom is 0.259 e. The van der Waals surface area contributed by atoms with E-state index in [0.717, 1.165) is 16.8 Å². The summed E-state index contributed by atoms with van der Waals surface area (Å²) in [5.41, 5.74) is 4.18. The van der Waals surface area contributed by atoms with E-state index in [0.29, 0.717) is 42.3 Å². The first-order valence-electron chi connectivity index (χ1n) is 10.8. The average molecular weight is 443 g/mol. The second-order valence-corrected chi connectivity index (χ2v) is 7.47. The Kier molecular flexibility index (Phi) is 6.99. The van der Waals surface area contributed by atoms with Crippen LogP contribution in [-0.4, -0.2) is 27.8 Å². The Morgan fingerprint density at radius 1 is 1.00 bits per heavy atom. The quantitative estimate of drug-likeness (QED) is 0.406. The lowest BCUT2D eigenvalue weighted by Crippen LogP contribution is -2.15. The van der Waals surface area contributed by atoms with Crippen LogP contribution < -0.4 is 14.8 Å². The number of nitrogens with zero attached hydrogens (tertiary/aromatic N) is 3. The van der Waals surface area contributed by atoms with Gasteiger partial charge in [-0.15, -0.1) is 0 Å². The molecule has 0 saturated heterocycles. The van der Waals surface area contributed by atoms with Crippen LogP contribution in [0.3, 0.4) is 0 Å². The maximum absolute atomic E-state index is 13.1. The van der Waals surface area contributed by atoms with E-state index in [-0.39, 0.29) is 5.91 Å². The molecule has 1 amide bonds. The zero-order valence-electron chi connectivity index (χ0n) is 18.7. The van der Waals surface area contributed by atoms with Crippen molar-refractivity contribution < 1.29 is 14.3 Å². The van der Waals surface area contributed by atoms with Gasteiger partial charge in [-0.3, -0.25) is 14.5 Å². The van der Waals surface area contributed by atoms with Crippen LogP contribution in [-0.2, 0) is 19.6 Å². The first kappa shape index (κ1) is 22.1. The number of benzene rings is 2. The summed E-state index contributed by atoms with van der Waals surface area (Å²) in [6.07, 6.45) is 5.76. The molecule has 7 heteroatoms. The van der Waals surface area contributed by atoms with E-state index < -0.39 is 0 Å². The highest BCUT2D eigenvalue weighted by molar-refractivity contribution is 6.05. The number of ether oxygens (including phenoxy) is 2. The van der Waals surface area contributed by atoms with Crippen molar-refractivity contribution in [1.29, 1.82) is 0 Å². The van der Waals surface area contributed by atoms with Crippen LogP contribution in [0.15, 0.2) is 79.3 Å². The Labute approximate surface area is 193 Å². The topological polar surface area (TPSA) is 78.3 Å². The predicted octanol–water partition coefficient (Wildman–Crippen LogP) is 4.73. The van der Waals surface area contributed by atoms with Crippen molar-refractivity contribution in [2.75, 3.05) is 12.4 Å². The first-order valence-corrected chi connectivity index (χ1v) is 10.8. The van der Waals surface area contributed by atoms with Gasteiger partial charge in [-0.05, 0) is 41.8 Å². The Morgan fingerprint density at radius 3 is 2.52 bits per heavy atom. The third-order valence-corrected chi connectivity index (χ3v) is 5.27. The molecule has 2 heterocycles. The van der Waals surface area contributed by atoms with Gasteiger partial charge < -0.3 is 14.8 Å². The van der Waals surface area contributed by atoms with Crippen LogP contribution in [0.25, 0.3) is 0 Å². The first-order chi connectivity index (χ1) is 16.2. The normalized spacial score (nSPS) is 10.6. The summed E-state index contributed by atoms with van der Waals surface area (Å²) in [7, 11) is 1.58. The minimum atomic E-state index is -0.212. The largest absolute Gasteiger partial charge is 0.493 e. The van der Waals surface area contributed by atoms with Crippen molar-refractivity contribution in [1.82, 2.24) is 14.8 Å². The number of anilines is 1. The molecule has 7 nitrogen and oxygen atoms in total. The van der Waals surface area contributed by atoms with E-state index >= 15 is 0 Å². The van der Waals surface area contributed by atoms with Gasteiger partial charge in [0.1, 0.15) is 6.61 Å². The number of carbonyl (C=O) groups is 1. The van der Waals surface area contributed by atoms with Gasteiger partial charge in [-0.2, -0.15) is 5.10 Å². The zero-order chi connectivity index (χ0) is 23.0. The molecular weight excluding hydrogens is 416 g/mol. The second kappa shape index (κ2) is 10.5. The van der Waals surface area contributed by atoms with Gasteiger partial charge in [0.15, 0.2) is 11.5 Å². The molecule has 4 rings (SSSR count). The SMILES string of the molecule is CCc1c(C(=O)Nc2ccc(OC)c(OCc3ccncc3)c2)cnn1Cc1ccccc1. The summed E-state index contributed by atoms with van der Waals surface area (Å²) in [6, 6.07) is 19.2. The molecule has 168 valence electrons. The standard InChI is InChI=1S/C26H26N4O3/c1-3-23-22(16-28-30(23)17-19-7-5-4-6-8-19)26(31)29-21-9-10-24(32-2)25(15-21)33-18-20-11-13-27-14-12-20/h4-16H,3,17-18H2,1-2H3,(H,29,31). The molecule has 0 aliphatic rings. The van der Waals surface area contributed by atoms with Gasteiger partial charge in [0.2, 0.25) is 0 Å². The number of methoxy groups -OCH3 is 1. The lowest BCUT2D eigenvalue weighted by Gasteiger charge is -2.13. The van der Waals surface area contributed by atoms with Crippen LogP contribution in [0.2, 0.25) is 0 Å². The summed E-state index contributed by atoms with van der Waals surface area (Å²) >= 11 is 0. The van der Waals surface area contributed by atoms with Crippen molar-refractivity contribution in [3.8, 4) is 11.5 Å². The van der Waals surface area contributed by atoms with Gasteiger partial charge in [0.25, 0.3) is 5.91 Å². The molecule has 1 N–H and O–H groups in total. The van der Waals surface area contributed by atoms with Crippen molar-refractivity contribution in [2.24, 2.45) is 0 Å². The molecule has 0 aliphatic heterocycles. The fraction of sp³-hybridized carbons (Fsp3) is 0.192. The Hall–Kier alpha value is -4.13. The molecule has 0 aliphatic carbocycles. The fourth-order valence-electron chi connectivity index (χ4n) is 3.57. The fourth-order valence-corrected chi connectivity index (χ4v) is 3.57. The van der Waals surface area contributed by atoms with Crippen LogP contribution >= 0.6 is 0 Å². The van der Waals surface area contributed by atoms with E-state index in [9.17, 15) is 4.79 Å². The minimum Gasteiger partial charge on any atom is -0.493 e. The minimum absolute atomic E-state index is 0.212. The van der Waals surface area contributed by atoms with Crippen LogP contribution in [0, 0.1) is 0 Å². The van der Waals surface area contributed by atoms with Crippen molar-refractivity contribution >= 4 is 11.6 Å². The number of aromatic nitrogens is 3. The summed E-state index contributed by atoms with van der Waals surface area (Å²) in [5, 5.41) is 7.42. The monoisotopic (exact) mass is 442 g/mol. The molecule has 2 aromatic heterocycles. The lowest BCUT2D eigenvalue weighted by molar-refractivity contribution is 0.102. The van der Waals surface area contributed by atoms with E-state index in [1.54, 1.807) is 43.9 Å². The summed E-state index contributed by atoms with van der Waals surface area (Å²) < 4.78 is 13.2. The van der Waals surface area contributed by atoms with E-state index in [1.807, 2.05) is 54.1 Å². The van der Waals surface area contributed by atoms with Gasteiger partial charge in [-0.25, -0.2) is 0 Å². The number of pyridine rings is 1. The number of hydrogen-bond acceptors (Lipinski definition) is 5. The molecule has 2 aromatic carbocycles. The number of nitrogens with one attached hydrogen (secondary N) is 1. The van der Waals surface area contributed by atoms with Crippen LogP contribution in [0.4, 0.5) is 5.69 Å². The summed E-state index contributed by atoms with van der Waals surface area (Å²) in [4.78, 5) is 17.1.